The molecule has 25 heavy (non-hydrogen) atoms. The zero-order chi connectivity index (χ0) is 17.8. The summed E-state index contributed by atoms with van der Waals surface area (Å²) in [5.74, 6) is 0.396. The van der Waals surface area contributed by atoms with E-state index >= 15 is 0 Å². The zero-order valence-electron chi connectivity index (χ0n) is 14.4. The van der Waals surface area contributed by atoms with Crippen LogP contribution in [0.15, 0.2) is 22.1 Å². The minimum Gasteiger partial charge on any atom is -0.469 e. The van der Waals surface area contributed by atoms with Crippen molar-refractivity contribution in [3.8, 4) is 0 Å². The number of hydrogen-bond acceptors (Lipinski definition) is 6. The Hall–Kier alpha value is -2.19. The van der Waals surface area contributed by atoms with Crippen LogP contribution in [0.25, 0.3) is 0 Å². The van der Waals surface area contributed by atoms with E-state index in [1.807, 2.05) is 17.3 Å². The topological polar surface area (TPSA) is 87.5 Å². The molecule has 1 unspecified atom stereocenters. The number of likely N-dealkylation sites (N-methyl/N-ethyl adjacent to an activating group) is 1. The minimum absolute atomic E-state index is 0.0894. The maximum absolute atomic E-state index is 12.5. The summed E-state index contributed by atoms with van der Waals surface area (Å²) in [5, 5.41) is 8.20. The zero-order valence-corrected chi connectivity index (χ0v) is 15.2. The molecule has 3 heterocycles. The van der Waals surface area contributed by atoms with E-state index in [0.29, 0.717) is 22.1 Å². The Labute approximate surface area is 150 Å². The van der Waals surface area contributed by atoms with Crippen molar-refractivity contribution in [1.29, 1.82) is 0 Å². The van der Waals surface area contributed by atoms with Gasteiger partial charge in [-0.05, 0) is 32.9 Å². The largest absolute Gasteiger partial charge is 0.469 e. The van der Waals surface area contributed by atoms with Crippen molar-refractivity contribution < 1.29 is 14.0 Å². The first kappa shape index (κ1) is 17.6. The Morgan fingerprint density at radius 2 is 2.32 bits per heavy atom. The van der Waals surface area contributed by atoms with E-state index in [9.17, 15) is 9.59 Å². The minimum atomic E-state index is -0.257. The molecular weight excluding hydrogens is 340 g/mol. The van der Waals surface area contributed by atoms with E-state index in [4.69, 9.17) is 4.42 Å². The SMILES string of the molecule is CNCC1CCCN1C(=O)Cc1csc(NC(=O)c2ccoc2C)n1. The number of carbonyl (C=O) groups is 2. The number of thiazole rings is 1. The van der Waals surface area contributed by atoms with Crippen LogP contribution in [0.2, 0.25) is 0 Å². The Kier molecular flexibility index (Phi) is 5.50. The maximum atomic E-state index is 12.5. The van der Waals surface area contributed by atoms with Crippen LogP contribution in [0, 0.1) is 6.92 Å². The highest BCUT2D eigenvalue weighted by Crippen LogP contribution is 2.21. The van der Waals surface area contributed by atoms with Gasteiger partial charge in [-0.1, -0.05) is 0 Å². The predicted octanol–water partition coefficient (Wildman–Crippen LogP) is 2.05. The summed E-state index contributed by atoms with van der Waals surface area (Å²) < 4.78 is 5.13. The van der Waals surface area contributed by atoms with Crippen LogP contribution in [0.4, 0.5) is 5.13 Å². The molecule has 2 aromatic rings. The normalized spacial score (nSPS) is 17.0. The summed E-state index contributed by atoms with van der Waals surface area (Å²) in [6, 6.07) is 1.89. The number of rotatable bonds is 6. The lowest BCUT2D eigenvalue weighted by Crippen LogP contribution is -2.41. The van der Waals surface area contributed by atoms with E-state index in [0.717, 1.165) is 25.9 Å². The molecular formula is C17H22N4O3S. The second-order valence-electron chi connectivity index (χ2n) is 6.11. The van der Waals surface area contributed by atoms with E-state index < -0.39 is 0 Å². The fourth-order valence-electron chi connectivity index (χ4n) is 3.10. The Bertz CT molecular complexity index is 755. The molecule has 1 aliphatic rings. The number of amides is 2. The molecule has 7 nitrogen and oxygen atoms in total. The van der Waals surface area contributed by atoms with Crippen LogP contribution in [0.1, 0.15) is 34.7 Å². The van der Waals surface area contributed by atoms with Crippen molar-refractivity contribution in [2.75, 3.05) is 25.5 Å². The van der Waals surface area contributed by atoms with Crippen molar-refractivity contribution in [3.63, 3.8) is 0 Å². The van der Waals surface area contributed by atoms with Gasteiger partial charge in [-0.25, -0.2) is 4.98 Å². The summed E-state index contributed by atoms with van der Waals surface area (Å²) in [7, 11) is 1.90. The first-order valence-corrected chi connectivity index (χ1v) is 9.20. The monoisotopic (exact) mass is 362 g/mol. The fraction of sp³-hybridized carbons (Fsp3) is 0.471. The second-order valence-corrected chi connectivity index (χ2v) is 6.96. The van der Waals surface area contributed by atoms with Gasteiger partial charge in [0.25, 0.3) is 5.91 Å². The molecule has 0 aliphatic carbocycles. The number of anilines is 1. The Morgan fingerprint density at radius 3 is 3.04 bits per heavy atom. The molecule has 0 aromatic carbocycles. The smallest absolute Gasteiger partial charge is 0.260 e. The third-order valence-corrected chi connectivity index (χ3v) is 5.15. The van der Waals surface area contributed by atoms with Crippen LogP contribution in [0.3, 0.4) is 0 Å². The molecule has 1 aliphatic heterocycles. The number of furan rings is 1. The van der Waals surface area contributed by atoms with Crippen molar-refractivity contribution >= 4 is 28.3 Å². The highest BCUT2D eigenvalue weighted by molar-refractivity contribution is 7.14. The van der Waals surface area contributed by atoms with Crippen LogP contribution < -0.4 is 10.6 Å². The molecule has 2 amide bonds. The van der Waals surface area contributed by atoms with Gasteiger partial charge >= 0.3 is 0 Å². The molecule has 0 saturated carbocycles. The van der Waals surface area contributed by atoms with Gasteiger partial charge in [0.15, 0.2) is 5.13 Å². The van der Waals surface area contributed by atoms with Crippen molar-refractivity contribution in [3.05, 3.63) is 34.7 Å². The van der Waals surface area contributed by atoms with Gasteiger partial charge in [0, 0.05) is 24.5 Å². The lowest BCUT2D eigenvalue weighted by atomic mass is 10.2. The lowest BCUT2D eigenvalue weighted by molar-refractivity contribution is -0.131. The van der Waals surface area contributed by atoms with Gasteiger partial charge in [0.2, 0.25) is 5.91 Å². The summed E-state index contributed by atoms with van der Waals surface area (Å²) in [6.07, 6.45) is 3.82. The third-order valence-electron chi connectivity index (χ3n) is 4.35. The number of aryl methyl sites for hydroxylation is 1. The van der Waals surface area contributed by atoms with E-state index in [2.05, 4.69) is 15.6 Å². The standard InChI is InChI=1S/C17H22N4O3S/c1-11-14(5-7-24-11)16(23)20-17-19-12(10-25-17)8-15(22)21-6-3-4-13(21)9-18-2/h5,7,10,13,18H,3-4,6,8-9H2,1-2H3,(H,19,20,23). The maximum Gasteiger partial charge on any atom is 0.260 e. The Morgan fingerprint density at radius 1 is 1.48 bits per heavy atom. The first-order valence-electron chi connectivity index (χ1n) is 8.32. The molecule has 1 atom stereocenters. The highest BCUT2D eigenvalue weighted by Gasteiger charge is 2.28. The number of nitrogens with one attached hydrogen (secondary N) is 2. The van der Waals surface area contributed by atoms with Crippen LogP contribution in [-0.4, -0.2) is 47.9 Å². The summed E-state index contributed by atoms with van der Waals surface area (Å²) in [4.78, 5) is 31.0. The number of carbonyl (C=O) groups excluding carboxylic acids is 2. The first-order chi connectivity index (χ1) is 12.1. The van der Waals surface area contributed by atoms with Gasteiger partial charge in [-0.15, -0.1) is 11.3 Å². The molecule has 134 valence electrons. The van der Waals surface area contributed by atoms with Gasteiger partial charge in [0.1, 0.15) is 5.76 Å². The average Bonchev–Trinajstić information content (AvgIpc) is 3.29. The highest BCUT2D eigenvalue weighted by atomic mass is 32.1. The molecule has 0 spiro atoms. The molecule has 0 radical (unpaired) electrons. The second kappa shape index (κ2) is 7.79. The molecule has 1 saturated heterocycles. The van der Waals surface area contributed by atoms with Crippen molar-refractivity contribution in [2.45, 2.75) is 32.2 Å². The van der Waals surface area contributed by atoms with Crippen LogP contribution >= 0.6 is 11.3 Å². The van der Waals surface area contributed by atoms with Gasteiger partial charge in [-0.2, -0.15) is 0 Å². The van der Waals surface area contributed by atoms with Gasteiger partial charge < -0.3 is 14.6 Å². The Balaban J connectivity index is 1.59. The average molecular weight is 362 g/mol. The van der Waals surface area contributed by atoms with Gasteiger partial charge in [0.05, 0.1) is 23.9 Å². The number of hydrogen-bond donors (Lipinski definition) is 2. The number of likely N-dealkylation sites (tertiary alicyclic amines) is 1. The molecule has 0 bridgehead atoms. The van der Waals surface area contributed by atoms with Crippen molar-refractivity contribution in [1.82, 2.24) is 15.2 Å². The van der Waals surface area contributed by atoms with E-state index in [1.54, 1.807) is 13.0 Å². The molecule has 8 heteroatoms. The molecule has 2 aromatic heterocycles. The van der Waals surface area contributed by atoms with Gasteiger partial charge in [-0.3, -0.25) is 14.9 Å². The van der Waals surface area contributed by atoms with E-state index in [1.165, 1.54) is 17.6 Å². The number of aromatic nitrogens is 1. The predicted molar refractivity (Wildman–Crippen MR) is 95.9 cm³/mol. The number of nitrogens with zero attached hydrogens (tertiary/aromatic N) is 2. The summed E-state index contributed by atoms with van der Waals surface area (Å²) in [6.45, 7) is 3.35. The van der Waals surface area contributed by atoms with Crippen LogP contribution in [0.5, 0.6) is 0 Å². The third kappa shape index (κ3) is 4.08. The van der Waals surface area contributed by atoms with E-state index in [-0.39, 0.29) is 24.3 Å². The quantitative estimate of drug-likeness (QED) is 0.821. The summed E-state index contributed by atoms with van der Waals surface area (Å²) >= 11 is 1.32. The molecule has 3 rings (SSSR count). The molecule has 1 fully saturated rings. The molecule has 2 N–H and O–H groups in total. The fourth-order valence-corrected chi connectivity index (χ4v) is 3.80. The van der Waals surface area contributed by atoms with Crippen molar-refractivity contribution in [2.24, 2.45) is 0 Å². The summed E-state index contributed by atoms with van der Waals surface area (Å²) in [5.41, 5.74) is 1.17. The van der Waals surface area contributed by atoms with Crippen LogP contribution in [-0.2, 0) is 11.2 Å². The lowest BCUT2D eigenvalue weighted by Gasteiger charge is -2.24.